The van der Waals surface area contributed by atoms with Crippen LogP contribution in [0.15, 0.2) is 0 Å². The highest BCUT2D eigenvalue weighted by Crippen LogP contribution is 2.33. The van der Waals surface area contributed by atoms with Gasteiger partial charge in [-0.2, -0.15) is 12.7 Å². The number of nitrogens with one attached hydrogen (secondary N) is 1. The molecule has 0 amide bonds. The Morgan fingerprint density at radius 2 is 1.76 bits per heavy atom. The van der Waals surface area contributed by atoms with Gasteiger partial charge in [0.2, 0.25) is 0 Å². The highest BCUT2D eigenvalue weighted by Gasteiger charge is 2.41. The Balaban J connectivity index is 3.00. The third-order valence-electron chi connectivity index (χ3n) is 4.33. The summed E-state index contributed by atoms with van der Waals surface area (Å²) in [6.07, 6.45) is 7.07. The van der Waals surface area contributed by atoms with Crippen LogP contribution in [0.4, 0.5) is 0 Å². The first-order valence-electron chi connectivity index (χ1n) is 8.35. The monoisotopic (exact) mass is 319 g/mol. The van der Waals surface area contributed by atoms with Crippen molar-refractivity contribution in [2.75, 3.05) is 19.6 Å². The average Bonchev–Trinajstić information content (AvgIpc) is 2.69. The molecule has 5 nitrogen and oxygen atoms in total. The lowest BCUT2D eigenvalue weighted by Gasteiger charge is -2.42. The first-order chi connectivity index (χ1) is 9.88. The SMILES string of the molecule is CCCN(C1(CN)CCCCCC1)S(=O)(=O)NCC(C)C. The van der Waals surface area contributed by atoms with Crippen molar-refractivity contribution in [1.29, 1.82) is 0 Å². The summed E-state index contributed by atoms with van der Waals surface area (Å²) in [5, 5.41) is 0. The lowest BCUT2D eigenvalue weighted by atomic mass is 9.90. The first-order valence-corrected chi connectivity index (χ1v) is 9.79. The van der Waals surface area contributed by atoms with Gasteiger partial charge in [-0.25, -0.2) is 4.72 Å². The minimum absolute atomic E-state index is 0.297. The topological polar surface area (TPSA) is 75.4 Å². The summed E-state index contributed by atoms with van der Waals surface area (Å²) in [4.78, 5) is 0. The molecule has 0 aromatic heterocycles. The Hall–Kier alpha value is -0.170. The van der Waals surface area contributed by atoms with E-state index in [0.29, 0.717) is 25.6 Å². The van der Waals surface area contributed by atoms with Crippen LogP contribution in [0.5, 0.6) is 0 Å². The van der Waals surface area contributed by atoms with Gasteiger partial charge in [0.25, 0.3) is 10.2 Å². The normalized spacial score (nSPS) is 19.9. The number of hydrogen-bond donors (Lipinski definition) is 2. The second-order valence-electron chi connectivity index (χ2n) is 6.66. The number of hydrogen-bond acceptors (Lipinski definition) is 3. The van der Waals surface area contributed by atoms with E-state index in [4.69, 9.17) is 5.73 Å². The molecular weight excluding hydrogens is 286 g/mol. The largest absolute Gasteiger partial charge is 0.329 e. The summed E-state index contributed by atoms with van der Waals surface area (Å²) in [5.41, 5.74) is 5.66. The van der Waals surface area contributed by atoms with Gasteiger partial charge in [-0.1, -0.05) is 46.5 Å². The molecular formula is C15H33N3O2S. The summed E-state index contributed by atoms with van der Waals surface area (Å²) < 4.78 is 30.0. The molecule has 1 aliphatic carbocycles. The van der Waals surface area contributed by atoms with Crippen molar-refractivity contribution < 1.29 is 8.42 Å². The van der Waals surface area contributed by atoms with Crippen molar-refractivity contribution >= 4 is 10.2 Å². The quantitative estimate of drug-likeness (QED) is 0.674. The summed E-state index contributed by atoms with van der Waals surface area (Å²) in [5.74, 6) is 0.297. The van der Waals surface area contributed by atoms with E-state index in [-0.39, 0.29) is 0 Å². The fourth-order valence-electron chi connectivity index (χ4n) is 3.11. The first kappa shape index (κ1) is 18.9. The van der Waals surface area contributed by atoms with Gasteiger partial charge in [-0.3, -0.25) is 0 Å². The molecule has 0 heterocycles. The highest BCUT2D eigenvalue weighted by atomic mass is 32.2. The van der Waals surface area contributed by atoms with E-state index in [1.807, 2.05) is 20.8 Å². The fraction of sp³-hybridized carbons (Fsp3) is 1.00. The van der Waals surface area contributed by atoms with Crippen molar-refractivity contribution in [3.8, 4) is 0 Å². The van der Waals surface area contributed by atoms with Crippen molar-refractivity contribution in [2.24, 2.45) is 11.7 Å². The van der Waals surface area contributed by atoms with Crippen molar-refractivity contribution in [3.05, 3.63) is 0 Å². The average molecular weight is 320 g/mol. The van der Waals surface area contributed by atoms with Crippen LogP contribution in [0.3, 0.4) is 0 Å². The second-order valence-corrected chi connectivity index (χ2v) is 8.34. The van der Waals surface area contributed by atoms with E-state index in [2.05, 4.69) is 4.72 Å². The minimum Gasteiger partial charge on any atom is -0.329 e. The van der Waals surface area contributed by atoms with E-state index in [1.54, 1.807) is 4.31 Å². The molecule has 0 unspecified atom stereocenters. The van der Waals surface area contributed by atoms with Crippen LogP contribution in [0.25, 0.3) is 0 Å². The third-order valence-corrected chi connectivity index (χ3v) is 6.02. The van der Waals surface area contributed by atoms with Crippen molar-refractivity contribution in [2.45, 2.75) is 71.3 Å². The maximum atomic E-state index is 12.8. The van der Waals surface area contributed by atoms with Gasteiger partial charge in [0.05, 0.1) is 0 Å². The van der Waals surface area contributed by atoms with Crippen LogP contribution in [-0.4, -0.2) is 37.9 Å². The second kappa shape index (κ2) is 8.46. The van der Waals surface area contributed by atoms with Crippen LogP contribution < -0.4 is 10.5 Å². The van der Waals surface area contributed by atoms with Crippen LogP contribution >= 0.6 is 0 Å². The Morgan fingerprint density at radius 3 is 2.19 bits per heavy atom. The molecule has 0 radical (unpaired) electrons. The Bertz CT molecular complexity index is 388. The molecule has 0 aliphatic heterocycles. The molecule has 0 saturated heterocycles. The molecule has 0 aromatic carbocycles. The van der Waals surface area contributed by atoms with Gasteiger partial charge in [0.1, 0.15) is 0 Å². The summed E-state index contributed by atoms with van der Waals surface area (Å²) in [7, 11) is -3.46. The van der Waals surface area contributed by atoms with Gasteiger partial charge in [0.15, 0.2) is 0 Å². The van der Waals surface area contributed by atoms with Crippen LogP contribution in [-0.2, 0) is 10.2 Å². The van der Waals surface area contributed by atoms with Gasteiger partial charge in [-0.05, 0) is 25.2 Å². The molecule has 21 heavy (non-hydrogen) atoms. The van der Waals surface area contributed by atoms with Crippen molar-refractivity contribution in [3.63, 3.8) is 0 Å². The molecule has 0 bridgehead atoms. The highest BCUT2D eigenvalue weighted by molar-refractivity contribution is 7.87. The lowest BCUT2D eigenvalue weighted by molar-refractivity contribution is 0.165. The van der Waals surface area contributed by atoms with Gasteiger partial charge < -0.3 is 5.73 Å². The van der Waals surface area contributed by atoms with E-state index < -0.39 is 15.7 Å². The Labute approximate surface area is 130 Å². The number of nitrogens with zero attached hydrogens (tertiary/aromatic N) is 1. The zero-order valence-electron chi connectivity index (χ0n) is 13.9. The zero-order valence-corrected chi connectivity index (χ0v) is 14.7. The van der Waals surface area contributed by atoms with E-state index >= 15 is 0 Å². The Kier molecular flexibility index (Phi) is 7.60. The van der Waals surface area contributed by atoms with E-state index in [1.165, 1.54) is 12.8 Å². The maximum Gasteiger partial charge on any atom is 0.280 e. The van der Waals surface area contributed by atoms with E-state index in [9.17, 15) is 8.42 Å². The molecule has 126 valence electrons. The molecule has 3 N–H and O–H groups in total. The molecule has 1 rings (SSSR count). The molecule has 0 atom stereocenters. The minimum atomic E-state index is -3.46. The smallest absolute Gasteiger partial charge is 0.280 e. The van der Waals surface area contributed by atoms with Crippen LogP contribution in [0.2, 0.25) is 0 Å². The molecule has 1 saturated carbocycles. The van der Waals surface area contributed by atoms with Crippen LogP contribution in [0.1, 0.15) is 65.7 Å². The molecule has 0 aromatic rings. The lowest BCUT2D eigenvalue weighted by Crippen LogP contribution is -2.59. The predicted molar refractivity (Wildman–Crippen MR) is 88.2 cm³/mol. The Morgan fingerprint density at radius 1 is 1.19 bits per heavy atom. The maximum absolute atomic E-state index is 12.8. The van der Waals surface area contributed by atoms with Crippen molar-refractivity contribution in [1.82, 2.24) is 9.03 Å². The molecule has 1 aliphatic rings. The molecule has 0 spiro atoms. The number of nitrogens with two attached hydrogens (primary N) is 1. The van der Waals surface area contributed by atoms with Gasteiger partial charge in [-0.15, -0.1) is 0 Å². The standard InChI is InChI=1S/C15H33N3O2S/c1-4-11-18(21(19,20)17-12-14(2)3)15(13-16)9-7-5-6-8-10-15/h14,17H,4-13,16H2,1-3H3. The molecule has 1 fully saturated rings. The number of rotatable bonds is 8. The van der Waals surface area contributed by atoms with E-state index in [0.717, 1.165) is 32.1 Å². The summed E-state index contributed by atoms with van der Waals surface area (Å²) >= 11 is 0. The fourth-order valence-corrected chi connectivity index (χ4v) is 5.00. The third kappa shape index (κ3) is 5.20. The summed E-state index contributed by atoms with van der Waals surface area (Å²) in [6, 6.07) is 0. The zero-order chi connectivity index (χ0) is 15.9. The van der Waals surface area contributed by atoms with Gasteiger partial charge >= 0.3 is 0 Å². The summed E-state index contributed by atoms with van der Waals surface area (Å²) in [6.45, 7) is 7.48. The van der Waals surface area contributed by atoms with Gasteiger partial charge in [0, 0.05) is 25.2 Å². The van der Waals surface area contributed by atoms with Crippen LogP contribution in [0, 0.1) is 5.92 Å². The predicted octanol–water partition coefficient (Wildman–Crippen LogP) is 2.24. The molecule has 6 heteroatoms.